The summed E-state index contributed by atoms with van der Waals surface area (Å²) in [5, 5.41) is 14.2. The molecule has 2 aromatic carbocycles. The van der Waals surface area contributed by atoms with Gasteiger partial charge in [0, 0.05) is 19.1 Å². The van der Waals surface area contributed by atoms with Gasteiger partial charge in [0.25, 0.3) is 0 Å². The fraction of sp³-hybridized carbons (Fsp3) is 0.200. The third-order valence-electron chi connectivity index (χ3n) is 3.10. The molecule has 0 atom stereocenters. The number of hydrogen-bond acceptors (Lipinski definition) is 6. The van der Waals surface area contributed by atoms with E-state index in [1.165, 1.54) is 18.2 Å². The molecule has 122 valence electrons. The molecule has 0 aromatic heterocycles. The fourth-order valence-electron chi connectivity index (χ4n) is 2.17. The molecule has 8 heteroatoms. The monoisotopic (exact) mass is 336 g/mol. The Bertz CT molecular complexity index is 834. The van der Waals surface area contributed by atoms with Gasteiger partial charge in [-0.15, -0.1) is 0 Å². The van der Waals surface area contributed by atoms with Crippen molar-refractivity contribution in [3.05, 3.63) is 58.1 Å². The summed E-state index contributed by atoms with van der Waals surface area (Å²) >= 11 is 0. The average molecular weight is 336 g/mol. The van der Waals surface area contributed by atoms with Gasteiger partial charge in [-0.2, -0.15) is 0 Å². The number of nitro benzene ring substituents is 1. The SMILES string of the molecule is COCc1cccc(Nc2cccc(S(C)(=O)=O)c2[N+](=O)[O-])c1. The summed E-state index contributed by atoms with van der Waals surface area (Å²) in [4.78, 5) is 10.3. The van der Waals surface area contributed by atoms with Crippen LogP contribution in [-0.4, -0.2) is 26.7 Å². The van der Waals surface area contributed by atoms with Crippen molar-refractivity contribution in [1.82, 2.24) is 0 Å². The molecule has 0 saturated heterocycles. The lowest BCUT2D eigenvalue weighted by Gasteiger charge is -2.10. The van der Waals surface area contributed by atoms with Crippen molar-refractivity contribution in [2.24, 2.45) is 0 Å². The lowest BCUT2D eigenvalue weighted by Crippen LogP contribution is -2.05. The predicted octanol–water partition coefficient (Wildman–Crippen LogP) is 2.89. The molecule has 2 rings (SSSR count). The molecule has 0 aliphatic carbocycles. The summed E-state index contributed by atoms with van der Waals surface area (Å²) in [5.41, 5.74) is 1.15. The van der Waals surface area contributed by atoms with Crippen LogP contribution in [0.15, 0.2) is 47.4 Å². The largest absolute Gasteiger partial charge is 0.380 e. The lowest BCUT2D eigenvalue weighted by atomic mass is 10.2. The standard InChI is InChI=1S/C15H16N2O5S/c1-22-10-11-5-3-6-12(9-11)16-13-7-4-8-14(23(2,20)21)15(13)17(18)19/h3-9,16H,10H2,1-2H3. The van der Waals surface area contributed by atoms with Gasteiger partial charge >= 0.3 is 5.69 Å². The second kappa shape index (κ2) is 6.76. The van der Waals surface area contributed by atoms with E-state index in [0.29, 0.717) is 12.3 Å². The summed E-state index contributed by atoms with van der Waals surface area (Å²) in [5.74, 6) is 0. The number of nitrogens with one attached hydrogen (secondary N) is 1. The normalized spacial score (nSPS) is 11.2. The minimum atomic E-state index is -3.71. The maximum atomic E-state index is 11.8. The number of hydrogen-bond donors (Lipinski definition) is 1. The van der Waals surface area contributed by atoms with Crippen molar-refractivity contribution in [3.63, 3.8) is 0 Å². The molecular formula is C15H16N2O5S. The van der Waals surface area contributed by atoms with Crippen LogP contribution in [0.25, 0.3) is 0 Å². The van der Waals surface area contributed by atoms with Crippen molar-refractivity contribution < 1.29 is 18.1 Å². The summed E-state index contributed by atoms with van der Waals surface area (Å²) in [6, 6.07) is 11.3. The van der Waals surface area contributed by atoms with Gasteiger partial charge in [-0.05, 0) is 29.8 Å². The molecule has 0 unspecified atom stereocenters. The molecule has 0 aliphatic heterocycles. The number of ether oxygens (including phenoxy) is 1. The van der Waals surface area contributed by atoms with E-state index in [2.05, 4.69) is 5.32 Å². The van der Waals surface area contributed by atoms with E-state index in [1.54, 1.807) is 25.3 Å². The Morgan fingerprint density at radius 3 is 2.52 bits per heavy atom. The number of nitro groups is 1. The van der Waals surface area contributed by atoms with Crippen molar-refractivity contribution in [3.8, 4) is 0 Å². The van der Waals surface area contributed by atoms with Gasteiger partial charge in [-0.1, -0.05) is 18.2 Å². The minimum absolute atomic E-state index is 0.118. The first-order chi connectivity index (χ1) is 10.8. The van der Waals surface area contributed by atoms with E-state index in [-0.39, 0.29) is 10.6 Å². The number of methoxy groups -OCH3 is 1. The summed E-state index contributed by atoms with van der Waals surface area (Å²) < 4.78 is 28.6. The zero-order valence-electron chi connectivity index (χ0n) is 12.6. The first kappa shape index (κ1) is 16.9. The topological polar surface area (TPSA) is 98.5 Å². The maximum Gasteiger partial charge on any atom is 0.311 e. The summed E-state index contributed by atoms with van der Waals surface area (Å²) in [6.45, 7) is 0.404. The number of sulfone groups is 1. The predicted molar refractivity (Wildman–Crippen MR) is 86.6 cm³/mol. The first-order valence-electron chi connectivity index (χ1n) is 6.65. The van der Waals surface area contributed by atoms with E-state index in [1.807, 2.05) is 6.07 Å². The lowest BCUT2D eigenvalue weighted by molar-refractivity contribution is -0.386. The molecule has 23 heavy (non-hydrogen) atoms. The van der Waals surface area contributed by atoms with Gasteiger partial charge in [0.1, 0.15) is 10.6 Å². The fourth-order valence-corrected chi connectivity index (χ4v) is 3.03. The van der Waals surface area contributed by atoms with E-state index < -0.39 is 20.4 Å². The molecule has 0 saturated carbocycles. The number of benzene rings is 2. The van der Waals surface area contributed by atoms with Crippen molar-refractivity contribution >= 4 is 26.9 Å². The highest BCUT2D eigenvalue weighted by Crippen LogP contribution is 2.34. The Morgan fingerprint density at radius 2 is 1.91 bits per heavy atom. The molecule has 0 bridgehead atoms. The van der Waals surface area contributed by atoms with Crippen molar-refractivity contribution in [2.45, 2.75) is 11.5 Å². The molecule has 0 aliphatic rings. The van der Waals surface area contributed by atoms with Gasteiger partial charge < -0.3 is 10.1 Å². The molecule has 7 nitrogen and oxygen atoms in total. The Morgan fingerprint density at radius 1 is 1.22 bits per heavy atom. The van der Waals surface area contributed by atoms with Crippen molar-refractivity contribution in [2.75, 3.05) is 18.7 Å². The smallest absolute Gasteiger partial charge is 0.311 e. The highest BCUT2D eigenvalue weighted by atomic mass is 32.2. The third kappa shape index (κ3) is 4.05. The number of anilines is 2. The quantitative estimate of drug-likeness (QED) is 0.643. The van der Waals surface area contributed by atoms with Crippen LogP contribution < -0.4 is 5.32 Å². The van der Waals surface area contributed by atoms with Gasteiger partial charge in [-0.25, -0.2) is 8.42 Å². The summed E-state index contributed by atoms with van der Waals surface area (Å²) in [6.07, 6.45) is 0.943. The van der Waals surface area contributed by atoms with E-state index in [0.717, 1.165) is 11.8 Å². The molecule has 0 spiro atoms. The van der Waals surface area contributed by atoms with Crippen LogP contribution in [0.3, 0.4) is 0 Å². The van der Waals surface area contributed by atoms with Crippen LogP contribution in [0.4, 0.5) is 17.1 Å². The Labute approximate surface area is 134 Å². The minimum Gasteiger partial charge on any atom is -0.380 e. The highest BCUT2D eigenvalue weighted by Gasteiger charge is 2.26. The molecule has 0 amide bonds. The van der Waals surface area contributed by atoms with Crippen LogP contribution in [0, 0.1) is 10.1 Å². The molecule has 0 fully saturated rings. The van der Waals surface area contributed by atoms with Crippen LogP contribution >= 0.6 is 0 Å². The average Bonchev–Trinajstić information content (AvgIpc) is 2.46. The molecule has 0 heterocycles. The summed E-state index contributed by atoms with van der Waals surface area (Å²) in [7, 11) is -2.14. The number of rotatable bonds is 6. The van der Waals surface area contributed by atoms with Gasteiger partial charge in [0.2, 0.25) is 0 Å². The zero-order valence-corrected chi connectivity index (χ0v) is 13.5. The molecular weight excluding hydrogens is 320 g/mol. The highest BCUT2D eigenvalue weighted by molar-refractivity contribution is 7.90. The first-order valence-corrected chi connectivity index (χ1v) is 8.54. The van der Waals surface area contributed by atoms with E-state index in [4.69, 9.17) is 4.74 Å². The van der Waals surface area contributed by atoms with E-state index in [9.17, 15) is 18.5 Å². The van der Waals surface area contributed by atoms with E-state index >= 15 is 0 Å². The zero-order chi connectivity index (χ0) is 17.0. The Kier molecular flexibility index (Phi) is 4.97. The Balaban J connectivity index is 2.48. The molecule has 1 N–H and O–H groups in total. The van der Waals surface area contributed by atoms with Crippen molar-refractivity contribution in [1.29, 1.82) is 0 Å². The van der Waals surface area contributed by atoms with Crippen LogP contribution in [0.2, 0.25) is 0 Å². The number of nitrogens with zero attached hydrogens (tertiary/aromatic N) is 1. The Hall–Kier alpha value is -2.45. The number of para-hydroxylation sites is 1. The van der Waals surface area contributed by atoms with Gasteiger partial charge in [-0.3, -0.25) is 10.1 Å². The third-order valence-corrected chi connectivity index (χ3v) is 4.23. The second-order valence-electron chi connectivity index (χ2n) is 4.94. The van der Waals surface area contributed by atoms with Crippen LogP contribution in [0.1, 0.15) is 5.56 Å². The van der Waals surface area contributed by atoms with Crippen LogP contribution in [0.5, 0.6) is 0 Å². The van der Waals surface area contributed by atoms with Crippen LogP contribution in [-0.2, 0) is 21.2 Å². The second-order valence-corrected chi connectivity index (χ2v) is 6.92. The van der Waals surface area contributed by atoms with Gasteiger partial charge in [0.15, 0.2) is 9.84 Å². The maximum absolute atomic E-state index is 11.8. The molecule has 0 radical (unpaired) electrons. The molecule has 2 aromatic rings. The van der Waals surface area contributed by atoms with Gasteiger partial charge in [0.05, 0.1) is 11.5 Å².